The zero-order chi connectivity index (χ0) is 27.9. The number of nitrogens with zero attached hydrogens (tertiary/aromatic N) is 2. The summed E-state index contributed by atoms with van der Waals surface area (Å²) < 4.78 is 33.4. The number of rotatable bonds is 8. The average Bonchev–Trinajstić information content (AvgIpc) is 2.84. The number of carbonyl (C=O) groups is 2. The molecule has 1 fully saturated rings. The van der Waals surface area contributed by atoms with E-state index >= 15 is 0 Å². The van der Waals surface area contributed by atoms with Gasteiger partial charge in [0.1, 0.15) is 17.5 Å². The number of aromatic nitrogens is 1. The maximum Gasteiger partial charge on any atom is 0.320 e. The maximum atomic E-state index is 13.8. The van der Waals surface area contributed by atoms with E-state index < -0.39 is 23.6 Å². The molecule has 0 spiro atoms. The van der Waals surface area contributed by atoms with E-state index in [2.05, 4.69) is 45.0 Å². The molecule has 1 aliphatic rings. The molecule has 2 heterocycles. The van der Waals surface area contributed by atoms with Crippen LogP contribution in [0.3, 0.4) is 0 Å². The van der Waals surface area contributed by atoms with Gasteiger partial charge < -0.3 is 20.7 Å². The van der Waals surface area contributed by atoms with Crippen LogP contribution in [-0.4, -0.2) is 53.7 Å². The van der Waals surface area contributed by atoms with Crippen molar-refractivity contribution in [1.82, 2.24) is 15.2 Å². The SMILES string of the molecule is CCNC(=O)Nc1cc(Nc2cc(F)cc(F)c2)c(C(=O)Nc2ccc(CN3C[C@@H](C)O[C@@H](C)C3)cc2)cn1. The summed E-state index contributed by atoms with van der Waals surface area (Å²) in [5.74, 6) is -1.90. The van der Waals surface area contributed by atoms with E-state index in [4.69, 9.17) is 4.74 Å². The summed E-state index contributed by atoms with van der Waals surface area (Å²) in [5.41, 5.74) is 2.08. The number of ether oxygens (including phenoxy) is 1. The molecule has 0 aliphatic carbocycles. The molecule has 4 N–H and O–H groups in total. The summed E-state index contributed by atoms with van der Waals surface area (Å²) in [5, 5.41) is 10.8. The number of hydrogen-bond acceptors (Lipinski definition) is 6. The van der Waals surface area contributed by atoms with Gasteiger partial charge in [0, 0.05) is 55.9 Å². The Morgan fingerprint density at radius 1 is 0.974 bits per heavy atom. The third-order valence-electron chi connectivity index (χ3n) is 5.98. The predicted molar refractivity (Wildman–Crippen MR) is 146 cm³/mol. The summed E-state index contributed by atoms with van der Waals surface area (Å²) in [4.78, 5) is 31.6. The van der Waals surface area contributed by atoms with Crippen LogP contribution in [0, 0.1) is 11.6 Å². The van der Waals surface area contributed by atoms with Gasteiger partial charge in [-0.1, -0.05) is 12.1 Å². The van der Waals surface area contributed by atoms with Gasteiger partial charge in [0.05, 0.1) is 23.5 Å². The van der Waals surface area contributed by atoms with Crippen LogP contribution in [0.5, 0.6) is 0 Å². The first-order valence-electron chi connectivity index (χ1n) is 12.7. The molecule has 3 aromatic rings. The van der Waals surface area contributed by atoms with E-state index in [9.17, 15) is 18.4 Å². The van der Waals surface area contributed by atoms with Gasteiger partial charge in [-0.3, -0.25) is 15.0 Å². The topological polar surface area (TPSA) is 108 Å². The van der Waals surface area contributed by atoms with Crippen molar-refractivity contribution in [2.45, 2.75) is 39.5 Å². The molecule has 1 aromatic heterocycles. The first kappa shape index (κ1) is 27.9. The molecule has 4 rings (SSSR count). The Bertz CT molecular complexity index is 1290. The fraction of sp³-hybridized carbons (Fsp3) is 0.321. The summed E-state index contributed by atoms with van der Waals surface area (Å²) in [6.45, 7) is 8.77. The second-order valence-corrected chi connectivity index (χ2v) is 9.49. The molecule has 9 nitrogen and oxygen atoms in total. The maximum absolute atomic E-state index is 13.8. The highest BCUT2D eigenvalue weighted by Gasteiger charge is 2.22. The third kappa shape index (κ3) is 7.95. The van der Waals surface area contributed by atoms with Crippen molar-refractivity contribution in [3.8, 4) is 0 Å². The van der Waals surface area contributed by atoms with Crippen LogP contribution in [0.1, 0.15) is 36.7 Å². The summed E-state index contributed by atoms with van der Waals surface area (Å²) in [7, 11) is 0. The molecule has 2 aromatic carbocycles. The lowest BCUT2D eigenvalue weighted by Crippen LogP contribution is -2.44. The molecule has 39 heavy (non-hydrogen) atoms. The average molecular weight is 539 g/mol. The van der Waals surface area contributed by atoms with Crippen LogP contribution in [0.25, 0.3) is 0 Å². The first-order valence-corrected chi connectivity index (χ1v) is 12.7. The molecular weight excluding hydrogens is 506 g/mol. The Labute approximate surface area is 226 Å². The van der Waals surface area contributed by atoms with E-state index in [-0.39, 0.29) is 35.0 Å². The Hall–Kier alpha value is -4.09. The van der Waals surface area contributed by atoms with E-state index in [1.54, 1.807) is 6.92 Å². The third-order valence-corrected chi connectivity index (χ3v) is 5.98. The van der Waals surface area contributed by atoms with Crippen LogP contribution in [0.2, 0.25) is 0 Å². The van der Waals surface area contributed by atoms with Gasteiger partial charge in [-0.2, -0.15) is 0 Å². The minimum atomic E-state index is -0.778. The predicted octanol–water partition coefficient (Wildman–Crippen LogP) is 5.11. The van der Waals surface area contributed by atoms with Gasteiger partial charge in [-0.15, -0.1) is 0 Å². The van der Waals surface area contributed by atoms with Crippen molar-refractivity contribution in [3.05, 3.63) is 77.5 Å². The number of morpholine rings is 1. The van der Waals surface area contributed by atoms with Crippen LogP contribution < -0.4 is 21.3 Å². The van der Waals surface area contributed by atoms with Gasteiger partial charge >= 0.3 is 6.03 Å². The van der Waals surface area contributed by atoms with Crippen molar-refractivity contribution >= 4 is 34.8 Å². The minimum Gasteiger partial charge on any atom is -0.373 e. The van der Waals surface area contributed by atoms with Crippen LogP contribution in [-0.2, 0) is 11.3 Å². The second-order valence-electron chi connectivity index (χ2n) is 9.49. The Kier molecular flexibility index (Phi) is 9.05. The number of pyridine rings is 1. The molecule has 0 unspecified atom stereocenters. The van der Waals surface area contributed by atoms with Gasteiger partial charge in [-0.05, 0) is 50.6 Å². The first-order chi connectivity index (χ1) is 18.7. The van der Waals surface area contributed by atoms with Crippen LogP contribution in [0.4, 0.5) is 36.5 Å². The minimum absolute atomic E-state index is 0.0906. The molecule has 11 heteroatoms. The monoisotopic (exact) mass is 538 g/mol. The fourth-order valence-corrected chi connectivity index (χ4v) is 4.47. The molecule has 206 valence electrons. The van der Waals surface area contributed by atoms with E-state index in [1.807, 2.05) is 24.3 Å². The number of urea groups is 1. The van der Waals surface area contributed by atoms with Crippen molar-refractivity contribution in [2.24, 2.45) is 0 Å². The zero-order valence-corrected chi connectivity index (χ0v) is 22.1. The van der Waals surface area contributed by atoms with E-state index in [1.165, 1.54) is 12.3 Å². The lowest BCUT2D eigenvalue weighted by atomic mass is 10.1. The molecule has 1 saturated heterocycles. The fourth-order valence-electron chi connectivity index (χ4n) is 4.47. The number of anilines is 4. The summed E-state index contributed by atoms with van der Waals surface area (Å²) in [6.07, 6.45) is 1.63. The summed E-state index contributed by atoms with van der Waals surface area (Å²) >= 11 is 0. The molecule has 0 bridgehead atoms. The molecule has 3 amide bonds. The van der Waals surface area contributed by atoms with Crippen molar-refractivity contribution in [1.29, 1.82) is 0 Å². The van der Waals surface area contributed by atoms with Gasteiger partial charge in [0.2, 0.25) is 0 Å². The van der Waals surface area contributed by atoms with Crippen LogP contribution in [0.15, 0.2) is 54.7 Å². The lowest BCUT2D eigenvalue weighted by molar-refractivity contribution is -0.0704. The number of nitrogens with one attached hydrogen (secondary N) is 4. The Morgan fingerprint density at radius 2 is 1.64 bits per heavy atom. The highest BCUT2D eigenvalue weighted by molar-refractivity contribution is 6.08. The van der Waals surface area contributed by atoms with Gasteiger partial charge in [-0.25, -0.2) is 18.6 Å². The van der Waals surface area contributed by atoms with Crippen molar-refractivity contribution in [2.75, 3.05) is 35.6 Å². The highest BCUT2D eigenvalue weighted by Crippen LogP contribution is 2.26. The van der Waals surface area contributed by atoms with Crippen molar-refractivity contribution < 1.29 is 23.1 Å². The number of amides is 3. The van der Waals surface area contributed by atoms with Crippen LogP contribution >= 0.6 is 0 Å². The number of hydrogen-bond donors (Lipinski definition) is 4. The molecule has 2 atom stereocenters. The Balaban J connectivity index is 1.50. The number of halogens is 2. The highest BCUT2D eigenvalue weighted by atomic mass is 19.1. The van der Waals surface area contributed by atoms with E-state index in [0.717, 1.165) is 43.4 Å². The molecule has 0 saturated carbocycles. The lowest BCUT2D eigenvalue weighted by Gasteiger charge is -2.35. The van der Waals surface area contributed by atoms with Crippen molar-refractivity contribution in [3.63, 3.8) is 0 Å². The quantitative estimate of drug-likeness (QED) is 0.318. The van der Waals surface area contributed by atoms with Gasteiger partial charge in [0.25, 0.3) is 5.91 Å². The number of carbonyl (C=O) groups excluding carboxylic acids is 2. The number of benzene rings is 2. The summed E-state index contributed by atoms with van der Waals surface area (Å²) in [6, 6.07) is 11.4. The smallest absolute Gasteiger partial charge is 0.320 e. The second kappa shape index (κ2) is 12.6. The van der Waals surface area contributed by atoms with Gasteiger partial charge in [0.15, 0.2) is 0 Å². The van der Waals surface area contributed by atoms with E-state index in [0.29, 0.717) is 12.2 Å². The Morgan fingerprint density at radius 3 is 2.28 bits per heavy atom. The standard InChI is InChI=1S/C28H32F2N6O3/c1-4-31-28(38)35-26-12-25(33-23-10-20(29)9-21(30)11-23)24(13-32-26)27(37)34-22-7-5-19(6-8-22)16-36-14-17(2)39-18(3)15-36/h5-13,17-18H,4,14-16H2,1-3H3,(H,34,37)(H3,31,32,33,35,38)/t17-,18+. The molecule has 1 aliphatic heterocycles. The molecular formula is C28H32F2N6O3. The molecule has 0 radical (unpaired) electrons. The largest absolute Gasteiger partial charge is 0.373 e. The normalized spacial score (nSPS) is 17.4. The zero-order valence-electron chi connectivity index (χ0n) is 22.1.